The van der Waals surface area contributed by atoms with E-state index >= 15 is 0 Å². The summed E-state index contributed by atoms with van der Waals surface area (Å²) in [5.74, 6) is -4.38. The van der Waals surface area contributed by atoms with Gasteiger partial charge in [0.15, 0.2) is 6.10 Å². The first-order valence-electron chi connectivity index (χ1n) is 5.80. The van der Waals surface area contributed by atoms with Crippen molar-refractivity contribution in [3.05, 3.63) is 0 Å². The number of hydrogen-bond donors (Lipinski definition) is 2. The quantitative estimate of drug-likeness (QED) is 0.357. The van der Waals surface area contributed by atoms with E-state index < -0.39 is 42.1 Å². The highest BCUT2D eigenvalue weighted by molar-refractivity contribution is 5.68. The van der Waals surface area contributed by atoms with Crippen LogP contribution in [-0.4, -0.2) is 53.8 Å². The van der Waals surface area contributed by atoms with E-state index in [2.05, 4.69) is 0 Å². The standard InChI is InChI=1S/C11H17NO8/c1-5(13)17-4-8-9(18-6(2)14)10(19-7(3)15)11(12,16)20-8/h8-10,16H,4,12H2,1-3H3/t8-,9-,10-,11?/m1/s1. The average molecular weight is 291 g/mol. The third-order valence-electron chi connectivity index (χ3n) is 2.46. The van der Waals surface area contributed by atoms with Crippen molar-refractivity contribution >= 4 is 17.9 Å². The Morgan fingerprint density at radius 3 is 2.15 bits per heavy atom. The molecule has 1 aliphatic rings. The van der Waals surface area contributed by atoms with Crippen molar-refractivity contribution in [1.82, 2.24) is 0 Å². The van der Waals surface area contributed by atoms with Crippen LogP contribution in [0.5, 0.6) is 0 Å². The average Bonchev–Trinajstić information content (AvgIpc) is 2.48. The van der Waals surface area contributed by atoms with E-state index in [0.717, 1.165) is 13.8 Å². The number of hydrogen-bond acceptors (Lipinski definition) is 9. The third-order valence-corrected chi connectivity index (χ3v) is 2.46. The van der Waals surface area contributed by atoms with Gasteiger partial charge in [-0.15, -0.1) is 0 Å². The van der Waals surface area contributed by atoms with Crippen molar-refractivity contribution in [3.8, 4) is 0 Å². The molecule has 0 aromatic carbocycles. The maximum Gasteiger partial charge on any atom is 0.303 e. The molecule has 0 aliphatic carbocycles. The van der Waals surface area contributed by atoms with Gasteiger partial charge in [0.05, 0.1) is 0 Å². The highest BCUT2D eigenvalue weighted by Crippen LogP contribution is 2.30. The molecule has 1 unspecified atom stereocenters. The molecule has 1 fully saturated rings. The van der Waals surface area contributed by atoms with Crippen molar-refractivity contribution in [1.29, 1.82) is 0 Å². The van der Waals surface area contributed by atoms with Crippen LogP contribution >= 0.6 is 0 Å². The largest absolute Gasteiger partial charge is 0.463 e. The smallest absolute Gasteiger partial charge is 0.303 e. The number of rotatable bonds is 4. The lowest BCUT2D eigenvalue weighted by Gasteiger charge is -2.25. The van der Waals surface area contributed by atoms with Crippen molar-refractivity contribution < 1.29 is 38.4 Å². The van der Waals surface area contributed by atoms with Crippen molar-refractivity contribution in [3.63, 3.8) is 0 Å². The lowest BCUT2D eigenvalue weighted by molar-refractivity contribution is -0.235. The fourth-order valence-corrected chi connectivity index (χ4v) is 1.79. The molecule has 4 atom stereocenters. The Kier molecular flexibility index (Phi) is 5.03. The molecule has 0 aromatic rings. The van der Waals surface area contributed by atoms with Gasteiger partial charge in [0.25, 0.3) is 5.91 Å². The van der Waals surface area contributed by atoms with E-state index in [9.17, 15) is 19.5 Å². The summed E-state index contributed by atoms with van der Waals surface area (Å²) in [6.07, 6.45) is -3.67. The summed E-state index contributed by atoms with van der Waals surface area (Å²) in [6, 6.07) is 0. The summed E-state index contributed by atoms with van der Waals surface area (Å²) >= 11 is 0. The molecule has 9 heteroatoms. The Labute approximate surface area is 114 Å². The molecule has 1 heterocycles. The minimum Gasteiger partial charge on any atom is -0.463 e. The Morgan fingerprint density at radius 2 is 1.70 bits per heavy atom. The second-order valence-electron chi connectivity index (χ2n) is 4.31. The molecule has 0 aromatic heterocycles. The minimum atomic E-state index is -2.35. The zero-order chi connectivity index (χ0) is 15.5. The highest BCUT2D eigenvalue weighted by atomic mass is 16.7. The van der Waals surface area contributed by atoms with Crippen LogP contribution in [0, 0.1) is 0 Å². The number of ether oxygens (including phenoxy) is 4. The fraction of sp³-hybridized carbons (Fsp3) is 0.727. The van der Waals surface area contributed by atoms with Gasteiger partial charge in [-0.05, 0) is 0 Å². The van der Waals surface area contributed by atoms with Gasteiger partial charge >= 0.3 is 17.9 Å². The summed E-state index contributed by atoms with van der Waals surface area (Å²) in [5, 5.41) is 9.87. The van der Waals surface area contributed by atoms with E-state index in [-0.39, 0.29) is 6.61 Å². The molecule has 9 nitrogen and oxygen atoms in total. The number of esters is 3. The summed E-state index contributed by atoms with van der Waals surface area (Å²) in [6.45, 7) is 3.08. The molecule has 0 amide bonds. The summed E-state index contributed by atoms with van der Waals surface area (Å²) in [5.41, 5.74) is 5.46. The van der Waals surface area contributed by atoms with Gasteiger partial charge in [-0.1, -0.05) is 0 Å². The number of carbonyl (C=O) groups is 3. The summed E-state index contributed by atoms with van der Waals surface area (Å²) < 4.78 is 19.5. The molecule has 114 valence electrons. The predicted octanol–water partition coefficient (Wildman–Crippen LogP) is -1.58. The van der Waals surface area contributed by atoms with Crippen LogP contribution in [-0.2, 0) is 33.3 Å². The van der Waals surface area contributed by atoms with E-state index in [0.29, 0.717) is 0 Å². The SMILES string of the molecule is CC(=O)OC[C@H]1OC(N)(O)[C@H](OC(C)=O)[C@@H]1OC(C)=O. The van der Waals surface area contributed by atoms with Crippen molar-refractivity contribution in [2.24, 2.45) is 5.73 Å². The third kappa shape index (κ3) is 4.15. The van der Waals surface area contributed by atoms with Crippen LogP contribution in [0.4, 0.5) is 0 Å². The molecule has 1 saturated heterocycles. The van der Waals surface area contributed by atoms with Gasteiger partial charge < -0.3 is 24.1 Å². The van der Waals surface area contributed by atoms with Crippen molar-refractivity contribution in [2.45, 2.75) is 45.0 Å². The van der Waals surface area contributed by atoms with E-state index in [1.807, 2.05) is 0 Å². The normalized spacial score (nSPS) is 32.5. The van der Waals surface area contributed by atoms with Crippen molar-refractivity contribution in [2.75, 3.05) is 6.61 Å². The Bertz CT molecular complexity index is 407. The molecule has 1 rings (SSSR count). The van der Waals surface area contributed by atoms with Crippen LogP contribution in [0.1, 0.15) is 20.8 Å². The monoisotopic (exact) mass is 291 g/mol. The second-order valence-corrected chi connectivity index (χ2v) is 4.31. The fourth-order valence-electron chi connectivity index (χ4n) is 1.79. The van der Waals surface area contributed by atoms with Crippen LogP contribution in [0.25, 0.3) is 0 Å². The van der Waals surface area contributed by atoms with Gasteiger partial charge in [-0.3, -0.25) is 20.1 Å². The lowest BCUT2D eigenvalue weighted by atomic mass is 10.1. The van der Waals surface area contributed by atoms with Crippen LogP contribution < -0.4 is 5.73 Å². The van der Waals surface area contributed by atoms with Gasteiger partial charge in [-0.25, -0.2) is 0 Å². The molecular weight excluding hydrogens is 274 g/mol. The topological polar surface area (TPSA) is 134 Å². The van der Waals surface area contributed by atoms with E-state index in [1.165, 1.54) is 6.92 Å². The molecule has 0 saturated carbocycles. The second kappa shape index (κ2) is 6.16. The van der Waals surface area contributed by atoms with Gasteiger partial charge in [0, 0.05) is 20.8 Å². The van der Waals surface area contributed by atoms with Crippen LogP contribution in [0.15, 0.2) is 0 Å². The number of aliphatic hydroxyl groups is 1. The molecule has 3 N–H and O–H groups in total. The summed E-state index contributed by atoms with van der Waals surface area (Å²) in [7, 11) is 0. The zero-order valence-electron chi connectivity index (χ0n) is 11.3. The lowest BCUT2D eigenvalue weighted by Crippen LogP contribution is -2.53. The zero-order valence-corrected chi connectivity index (χ0v) is 11.3. The Balaban J connectivity index is 2.90. The highest BCUT2D eigenvalue weighted by Gasteiger charge is 2.57. The number of nitrogens with two attached hydrogens (primary N) is 1. The van der Waals surface area contributed by atoms with Gasteiger partial charge in [0.2, 0.25) is 6.10 Å². The van der Waals surface area contributed by atoms with E-state index in [1.54, 1.807) is 0 Å². The molecular formula is C11H17NO8. The maximum absolute atomic E-state index is 11.1. The molecule has 0 spiro atoms. The first kappa shape index (κ1) is 16.3. The van der Waals surface area contributed by atoms with E-state index in [4.69, 9.17) is 24.7 Å². The first-order valence-corrected chi connectivity index (χ1v) is 5.80. The number of carbonyl (C=O) groups excluding carboxylic acids is 3. The predicted molar refractivity (Wildman–Crippen MR) is 61.8 cm³/mol. The molecule has 20 heavy (non-hydrogen) atoms. The van der Waals surface area contributed by atoms with Crippen LogP contribution in [0.2, 0.25) is 0 Å². The van der Waals surface area contributed by atoms with Gasteiger partial charge in [0.1, 0.15) is 12.7 Å². The minimum absolute atomic E-state index is 0.315. The van der Waals surface area contributed by atoms with Crippen LogP contribution in [0.3, 0.4) is 0 Å². The first-order chi connectivity index (χ1) is 9.13. The maximum atomic E-state index is 11.1. The summed E-state index contributed by atoms with van der Waals surface area (Å²) in [4.78, 5) is 32.9. The molecule has 0 radical (unpaired) electrons. The van der Waals surface area contributed by atoms with Gasteiger partial charge in [-0.2, -0.15) is 0 Å². The molecule has 0 bridgehead atoms. The Hall–Kier alpha value is -1.71. The molecule has 1 aliphatic heterocycles. The Morgan fingerprint density at radius 1 is 1.15 bits per heavy atom.